The molecule has 2 amide bonds. The van der Waals surface area contributed by atoms with Crippen molar-refractivity contribution in [2.24, 2.45) is 0 Å². The van der Waals surface area contributed by atoms with Gasteiger partial charge in [-0.05, 0) is 25.0 Å². The van der Waals surface area contributed by atoms with Crippen molar-refractivity contribution in [2.75, 3.05) is 0 Å². The second kappa shape index (κ2) is 4.52. The van der Waals surface area contributed by atoms with Crippen molar-refractivity contribution in [3.05, 3.63) is 29.6 Å². The van der Waals surface area contributed by atoms with Crippen LogP contribution in [0.5, 0.6) is 0 Å². The zero-order valence-electron chi connectivity index (χ0n) is 10.3. The van der Waals surface area contributed by atoms with Crippen LogP contribution in [0.15, 0.2) is 18.3 Å². The van der Waals surface area contributed by atoms with Gasteiger partial charge in [0.15, 0.2) is 0 Å². The van der Waals surface area contributed by atoms with E-state index < -0.39 is 0 Å². The van der Waals surface area contributed by atoms with Gasteiger partial charge in [-0.2, -0.15) is 0 Å². The number of imide groups is 1. The highest BCUT2D eigenvalue weighted by Gasteiger charge is 2.40. The number of amides is 2. The Balaban J connectivity index is 1.91. The van der Waals surface area contributed by atoms with Crippen molar-refractivity contribution in [2.45, 2.75) is 44.6 Å². The zero-order valence-corrected chi connectivity index (χ0v) is 10.3. The average molecular weight is 244 g/mol. The maximum absolute atomic E-state index is 12.3. The fraction of sp³-hybridized carbons (Fsp3) is 0.500. The Kier molecular flexibility index (Phi) is 2.86. The summed E-state index contributed by atoms with van der Waals surface area (Å²) >= 11 is 0. The first-order chi connectivity index (χ1) is 8.79. The maximum atomic E-state index is 12.3. The van der Waals surface area contributed by atoms with E-state index in [0.29, 0.717) is 11.3 Å². The van der Waals surface area contributed by atoms with E-state index in [-0.39, 0.29) is 17.9 Å². The third kappa shape index (κ3) is 1.72. The number of hydrogen-bond acceptors (Lipinski definition) is 3. The van der Waals surface area contributed by atoms with Crippen molar-refractivity contribution in [1.29, 1.82) is 0 Å². The summed E-state index contributed by atoms with van der Waals surface area (Å²) < 4.78 is 0. The van der Waals surface area contributed by atoms with Crippen molar-refractivity contribution >= 4 is 11.8 Å². The minimum Gasteiger partial charge on any atom is -0.270 e. The summed E-state index contributed by atoms with van der Waals surface area (Å²) in [5, 5.41) is 0. The van der Waals surface area contributed by atoms with Gasteiger partial charge in [-0.3, -0.25) is 19.5 Å². The molecule has 0 atom stereocenters. The quantitative estimate of drug-likeness (QED) is 0.563. The smallest absolute Gasteiger partial charge is 0.270 e. The second-order valence-corrected chi connectivity index (χ2v) is 5.03. The molecule has 0 spiro atoms. The van der Waals surface area contributed by atoms with Crippen LogP contribution in [0, 0.1) is 0 Å². The van der Waals surface area contributed by atoms with Crippen LogP contribution in [-0.4, -0.2) is 27.7 Å². The molecule has 4 heteroatoms. The van der Waals surface area contributed by atoms with Gasteiger partial charge in [0.25, 0.3) is 11.8 Å². The van der Waals surface area contributed by atoms with Gasteiger partial charge in [0.1, 0.15) is 5.69 Å². The minimum absolute atomic E-state index is 0.0710. The molecule has 94 valence electrons. The predicted molar refractivity (Wildman–Crippen MR) is 66.2 cm³/mol. The van der Waals surface area contributed by atoms with E-state index in [1.165, 1.54) is 17.7 Å². The first-order valence-corrected chi connectivity index (χ1v) is 6.62. The molecule has 1 aliphatic heterocycles. The van der Waals surface area contributed by atoms with E-state index in [0.717, 1.165) is 25.7 Å². The van der Waals surface area contributed by atoms with Gasteiger partial charge in [-0.15, -0.1) is 0 Å². The van der Waals surface area contributed by atoms with Crippen LogP contribution in [0.2, 0.25) is 0 Å². The number of carbonyl (C=O) groups is 2. The van der Waals surface area contributed by atoms with Crippen LogP contribution in [-0.2, 0) is 0 Å². The molecule has 0 unspecified atom stereocenters. The highest BCUT2D eigenvalue weighted by Crippen LogP contribution is 2.29. The van der Waals surface area contributed by atoms with Crippen molar-refractivity contribution in [3.8, 4) is 0 Å². The van der Waals surface area contributed by atoms with E-state index in [2.05, 4.69) is 4.98 Å². The van der Waals surface area contributed by atoms with Crippen molar-refractivity contribution < 1.29 is 9.59 Å². The predicted octanol–water partition coefficient (Wildman–Crippen LogP) is 2.40. The van der Waals surface area contributed by atoms with E-state index in [4.69, 9.17) is 0 Å². The molecule has 4 nitrogen and oxygen atoms in total. The molecule has 1 aliphatic carbocycles. The lowest BCUT2D eigenvalue weighted by molar-refractivity contribution is 0.0568. The summed E-state index contributed by atoms with van der Waals surface area (Å²) in [5.41, 5.74) is 0.790. The SMILES string of the molecule is O=C1c2cccnc2C(=O)N1C1CCCCCC1. The minimum atomic E-state index is -0.206. The monoisotopic (exact) mass is 244 g/mol. The van der Waals surface area contributed by atoms with Crippen LogP contribution < -0.4 is 0 Å². The third-order valence-electron chi connectivity index (χ3n) is 3.87. The van der Waals surface area contributed by atoms with Gasteiger partial charge in [-0.1, -0.05) is 25.7 Å². The van der Waals surface area contributed by atoms with Crippen LogP contribution >= 0.6 is 0 Å². The normalized spacial score (nSPS) is 21.0. The number of pyridine rings is 1. The van der Waals surface area contributed by atoms with Crippen molar-refractivity contribution in [1.82, 2.24) is 9.88 Å². The number of aromatic nitrogens is 1. The lowest BCUT2D eigenvalue weighted by Crippen LogP contribution is -2.39. The van der Waals surface area contributed by atoms with Gasteiger partial charge < -0.3 is 0 Å². The topological polar surface area (TPSA) is 50.3 Å². The molecular formula is C14H16N2O2. The first kappa shape index (κ1) is 11.4. The molecule has 1 fully saturated rings. The average Bonchev–Trinajstić information content (AvgIpc) is 2.61. The standard InChI is InChI=1S/C14H16N2O2/c17-13-11-8-5-9-15-12(11)14(18)16(13)10-6-3-1-2-4-7-10/h5,8-10H,1-4,6-7H2. The Bertz CT molecular complexity index is 455. The molecule has 3 rings (SSSR count). The summed E-state index contributed by atoms with van der Waals surface area (Å²) in [6, 6.07) is 3.47. The summed E-state index contributed by atoms with van der Waals surface area (Å²) in [7, 11) is 0. The molecule has 1 aromatic rings. The zero-order chi connectivity index (χ0) is 12.5. The van der Waals surface area contributed by atoms with E-state index in [9.17, 15) is 9.59 Å². The number of nitrogens with zero attached hydrogens (tertiary/aromatic N) is 2. The lowest BCUT2D eigenvalue weighted by atomic mass is 10.1. The fourth-order valence-corrected chi connectivity index (χ4v) is 2.93. The second-order valence-electron chi connectivity index (χ2n) is 5.03. The lowest BCUT2D eigenvalue weighted by Gasteiger charge is -2.24. The summed E-state index contributed by atoms with van der Waals surface area (Å²) in [5.74, 6) is -0.363. The number of fused-ring (bicyclic) bond motifs is 1. The Morgan fingerprint density at radius 3 is 2.44 bits per heavy atom. The number of carbonyl (C=O) groups excluding carboxylic acids is 2. The Hall–Kier alpha value is -1.71. The summed E-state index contributed by atoms with van der Waals surface area (Å²) in [6.45, 7) is 0. The molecule has 0 bridgehead atoms. The number of hydrogen-bond donors (Lipinski definition) is 0. The summed E-state index contributed by atoms with van der Waals surface area (Å²) in [4.78, 5) is 30.0. The third-order valence-corrected chi connectivity index (χ3v) is 3.87. The summed E-state index contributed by atoms with van der Waals surface area (Å²) in [6.07, 6.45) is 8.06. The molecule has 0 radical (unpaired) electrons. The van der Waals surface area contributed by atoms with Crippen molar-refractivity contribution in [3.63, 3.8) is 0 Å². The van der Waals surface area contributed by atoms with Crippen LogP contribution in [0.3, 0.4) is 0 Å². The van der Waals surface area contributed by atoms with Crippen LogP contribution in [0.4, 0.5) is 0 Å². The van der Waals surface area contributed by atoms with Gasteiger partial charge in [0.2, 0.25) is 0 Å². The number of rotatable bonds is 1. The molecule has 18 heavy (non-hydrogen) atoms. The molecule has 0 aromatic carbocycles. The fourth-order valence-electron chi connectivity index (χ4n) is 2.93. The molecule has 1 aromatic heterocycles. The Morgan fingerprint density at radius 2 is 1.78 bits per heavy atom. The highest BCUT2D eigenvalue weighted by molar-refractivity contribution is 6.20. The largest absolute Gasteiger partial charge is 0.280 e. The van der Waals surface area contributed by atoms with E-state index in [1.54, 1.807) is 18.3 Å². The van der Waals surface area contributed by atoms with Gasteiger partial charge in [0, 0.05) is 12.2 Å². The maximum Gasteiger partial charge on any atom is 0.280 e. The van der Waals surface area contributed by atoms with E-state index in [1.807, 2.05) is 0 Å². The molecule has 1 saturated carbocycles. The molecule has 0 saturated heterocycles. The Morgan fingerprint density at radius 1 is 1.06 bits per heavy atom. The van der Waals surface area contributed by atoms with Crippen LogP contribution in [0.25, 0.3) is 0 Å². The Labute approximate surface area is 106 Å². The first-order valence-electron chi connectivity index (χ1n) is 6.62. The molecule has 0 N–H and O–H groups in total. The molecule has 2 aliphatic rings. The highest BCUT2D eigenvalue weighted by atomic mass is 16.2. The molecular weight excluding hydrogens is 228 g/mol. The van der Waals surface area contributed by atoms with E-state index >= 15 is 0 Å². The molecule has 2 heterocycles. The van der Waals surface area contributed by atoms with Gasteiger partial charge in [0.05, 0.1) is 5.56 Å². The van der Waals surface area contributed by atoms with Gasteiger partial charge in [-0.25, -0.2) is 0 Å². The van der Waals surface area contributed by atoms with Gasteiger partial charge >= 0.3 is 0 Å². The van der Waals surface area contributed by atoms with Crippen LogP contribution in [0.1, 0.15) is 59.4 Å².